The Kier molecular flexibility index (Phi) is 5.93. The molecule has 0 N–H and O–H groups in total. The summed E-state index contributed by atoms with van der Waals surface area (Å²) in [4.78, 5) is 21.0. The minimum atomic E-state index is -0.221. The standard InChI is InChI=1S/C7H12O3S/c1-6(8)5-11-4-3-7(9)10-2/h3-5H2,1-2H3. The van der Waals surface area contributed by atoms with Crippen molar-refractivity contribution in [2.75, 3.05) is 18.6 Å². The molecule has 0 atom stereocenters. The Morgan fingerprint density at radius 3 is 2.55 bits per heavy atom. The SMILES string of the molecule is COC(=O)CCSCC(C)=O. The van der Waals surface area contributed by atoms with Crippen LogP contribution < -0.4 is 0 Å². The molecule has 0 spiro atoms. The average Bonchev–Trinajstić information content (AvgIpc) is 1.97. The quantitative estimate of drug-likeness (QED) is 0.460. The molecule has 64 valence electrons. The molecule has 0 bridgehead atoms. The molecule has 0 aliphatic rings. The van der Waals surface area contributed by atoms with Crippen LogP contribution in [0.15, 0.2) is 0 Å². The van der Waals surface area contributed by atoms with Gasteiger partial charge in [-0.1, -0.05) is 0 Å². The first-order valence-corrected chi connectivity index (χ1v) is 4.46. The first kappa shape index (κ1) is 10.5. The average molecular weight is 176 g/mol. The fourth-order valence-corrected chi connectivity index (χ4v) is 1.22. The second-order valence-corrected chi connectivity index (χ2v) is 3.19. The summed E-state index contributed by atoms with van der Waals surface area (Å²) in [5.74, 6) is 1.06. The molecule has 0 aromatic heterocycles. The van der Waals surface area contributed by atoms with Crippen LogP contribution in [0.25, 0.3) is 0 Å². The first-order valence-electron chi connectivity index (χ1n) is 3.31. The second-order valence-electron chi connectivity index (χ2n) is 2.08. The number of thioether (sulfide) groups is 1. The molecule has 0 saturated heterocycles. The van der Waals surface area contributed by atoms with E-state index >= 15 is 0 Å². The molecule has 0 radical (unpaired) electrons. The first-order chi connectivity index (χ1) is 5.16. The third-order valence-corrected chi connectivity index (χ3v) is 2.09. The molecule has 0 unspecified atom stereocenters. The number of carbonyl (C=O) groups excluding carboxylic acids is 2. The van der Waals surface area contributed by atoms with E-state index in [1.807, 2.05) is 0 Å². The molecule has 0 aromatic rings. The van der Waals surface area contributed by atoms with Crippen LogP contribution in [0.1, 0.15) is 13.3 Å². The lowest BCUT2D eigenvalue weighted by Gasteiger charge is -1.97. The Hall–Kier alpha value is -0.510. The number of Topliss-reactive ketones (excluding diaryl/α,β-unsaturated/α-hetero) is 1. The van der Waals surface area contributed by atoms with Crippen LogP contribution in [0.4, 0.5) is 0 Å². The predicted octanol–water partition coefficient (Wildman–Crippen LogP) is 0.872. The van der Waals surface area contributed by atoms with Crippen molar-refractivity contribution in [2.24, 2.45) is 0 Å². The predicted molar refractivity (Wildman–Crippen MR) is 44.6 cm³/mol. The van der Waals surface area contributed by atoms with E-state index in [-0.39, 0.29) is 11.8 Å². The molecule has 3 nitrogen and oxygen atoms in total. The summed E-state index contributed by atoms with van der Waals surface area (Å²) in [6, 6.07) is 0. The molecule has 0 rings (SSSR count). The Morgan fingerprint density at radius 2 is 2.09 bits per heavy atom. The summed E-state index contributed by atoms with van der Waals surface area (Å²) < 4.78 is 4.42. The Balaban J connectivity index is 3.14. The molecule has 4 heteroatoms. The van der Waals surface area contributed by atoms with Crippen LogP contribution in [-0.2, 0) is 14.3 Å². The molecule has 0 aliphatic carbocycles. The lowest BCUT2D eigenvalue weighted by Crippen LogP contribution is -2.02. The van der Waals surface area contributed by atoms with Gasteiger partial charge in [-0.15, -0.1) is 0 Å². The number of hydrogen-bond acceptors (Lipinski definition) is 4. The fraction of sp³-hybridized carbons (Fsp3) is 0.714. The topological polar surface area (TPSA) is 43.4 Å². The van der Waals surface area contributed by atoms with Gasteiger partial charge in [-0.2, -0.15) is 11.8 Å². The zero-order chi connectivity index (χ0) is 8.69. The Labute approximate surface area is 70.5 Å². The van der Waals surface area contributed by atoms with E-state index in [1.54, 1.807) is 0 Å². The summed E-state index contributed by atoms with van der Waals surface area (Å²) in [6.07, 6.45) is 0.383. The van der Waals surface area contributed by atoms with E-state index in [1.165, 1.54) is 25.8 Å². The van der Waals surface area contributed by atoms with Crippen LogP contribution in [0.3, 0.4) is 0 Å². The van der Waals surface area contributed by atoms with Crippen LogP contribution in [0.5, 0.6) is 0 Å². The van der Waals surface area contributed by atoms with E-state index in [9.17, 15) is 9.59 Å². The van der Waals surface area contributed by atoms with E-state index in [0.717, 1.165) is 0 Å². The number of ketones is 1. The third kappa shape index (κ3) is 7.39. The van der Waals surface area contributed by atoms with E-state index < -0.39 is 0 Å². The van der Waals surface area contributed by atoms with Gasteiger partial charge in [-0.3, -0.25) is 9.59 Å². The van der Waals surface area contributed by atoms with E-state index in [4.69, 9.17) is 0 Å². The minimum Gasteiger partial charge on any atom is -0.469 e. The van der Waals surface area contributed by atoms with Crippen molar-refractivity contribution >= 4 is 23.5 Å². The van der Waals surface area contributed by atoms with E-state index in [2.05, 4.69) is 4.74 Å². The molecule has 0 saturated carbocycles. The number of carbonyl (C=O) groups is 2. The van der Waals surface area contributed by atoms with E-state index in [0.29, 0.717) is 17.9 Å². The maximum Gasteiger partial charge on any atom is 0.306 e. The summed E-state index contributed by atoms with van der Waals surface area (Å²) in [7, 11) is 1.36. The van der Waals surface area contributed by atoms with Crippen molar-refractivity contribution in [1.82, 2.24) is 0 Å². The highest BCUT2D eigenvalue weighted by Crippen LogP contribution is 2.02. The van der Waals surface area contributed by atoms with Gasteiger partial charge in [0.05, 0.1) is 19.3 Å². The normalized spacial score (nSPS) is 9.27. The van der Waals surface area contributed by atoms with Crippen molar-refractivity contribution in [3.63, 3.8) is 0 Å². The molecule has 0 amide bonds. The molecular weight excluding hydrogens is 164 g/mol. The summed E-state index contributed by atoms with van der Waals surface area (Å²) >= 11 is 1.45. The summed E-state index contributed by atoms with van der Waals surface area (Å²) in [5, 5.41) is 0. The zero-order valence-corrected chi connectivity index (χ0v) is 7.57. The number of hydrogen-bond donors (Lipinski definition) is 0. The Morgan fingerprint density at radius 1 is 1.45 bits per heavy atom. The van der Waals surface area contributed by atoms with Crippen LogP contribution in [0.2, 0.25) is 0 Å². The van der Waals surface area contributed by atoms with Crippen molar-refractivity contribution in [1.29, 1.82) is 0 Å². The largest absolute Gasteiger partial charge is 0.469 e. The van der Waals surface area contributed by atoms with Gasteiger partial charge in [-0.05, 0) is 6.92 Å². The van der Waals surface area contributed by atoms with Gasteiger partial charge in [0.1, 0.15) is 5.78 Å². The number of esters is 1. The highest BCUT2D eigenvalue weighted by molar-refractivity contribution is 7.99. The van der Waals surface area contributed by atoms with Gasteiger partial charge >= 0.3 is 5.97 Å². The monoisotopic (exact) mass is 176 g/mol. The Bertz CT molecular complexity index is 145. The summed E-state index contributed by atoms with van der Waals surface area (Å²) in [5.41, 5.74) is 0. The van der Waals surface area contributed by atoms with Gasteiger partial charge in [0.25, 0.3) is 0 Å². The summed E-state index contributed by atoms with van der Waals surface area (Å²) in [6.45, 7) is 1.53. The molecule has 0 aromatic carbocycles. The number of methoxy groups -OCH3 is 1. The highest BCUT2D eigenvalue weighted by Gasteiger charge is 1.99. The lowest BCUT2D eigenvalue weighted by molar-refractivity contribution is -0.140. The van der Waals surface area contributed by atoms with Crippen LogP contribution in [0, 0.1) is 0 Å². The molecule has 0 heterocycles. The maximum absolute atomic E-state index is 10.5. The maximum atomic E-state index is 10.5. The molecule has 11 heavy (non-hydrogen) atoms. The number of rotatable bonds is 5. The van der Waals surface area contributed by atoms with Gasteiger partial charge in [-0.25, -0.2) is 0 Å². The zero-order valence-electron chi connectivity index (χ0n) is 6.75. The van der Waals surface area contributed by atoms with Gasteiger partial charge in [0, 0.05) is 5.75 Å². The molecule has 0 aliphatic heterocycles. The van der Waals surface area contributed by atoms with Gasteiger partial charge in [0.15, 0.2) is 0 Å². The second kappa shape index (κ2) is 6.22. The minimum absolute atomic E-state index is 0.139. The molecular formula is C7H12O3S. The van der Waals surface area contributed by atoms with Crippen molar-refractivity contribution in [3.8, 4) is 0 Å². The van der Waals surface area contributed by atoms with Gasteiger partial charge < -0.3 is 4.74 Å². The van der Waals surface area contributed by atoms with Crippen LogP contribution >= 0.6 is 11.8 Å². The third-order valence-electron chi connectivity index (χ3n) is 0.984. The van der Waals surface area contributed by atoms with Crippen LogP contribution in [-0.4, -0.2) is 30.4 Å². The smallest absolute Gasteiger partial charge is 0.306 e. The molecule has 0 fully saturated rings. The lowest BCUT2D eigenvalue weighted by atomic mass is 10.5. The van der Waals surface area contributed by atoms with Crippen molar-refractivity contribution < 1.29 is 14.3 Å². The van der Waals surface area contributed by atoms with Crippen molar-refractivity contribution in [2.45, 2.75) is 13.3 Å². The fourth-order valence-electron chi connectivity index (χ4n) is 0.473. The van der Waals surface area contributed by atoms with Crippen molar-refractivity contribution in [3.05, 3.63) is 0 Å². The number of ether oxygens (including phenoxy) is 1. The van der Waals surface area contributed by atoms with Gasteiger partial charge in [0.2, 0.25) is 0 Å². The highest BCUT2D eigenvalue weighted by atomic mass is 32.2.